The van der Waals surface area contributed by atoms with E-state index in [1.165, 1.54) is 0 Å². The molecule has 0 radical (unpaired) electrons. The highest BCUT2D eigenvalue weighted by Crippen LogP contribution is 2.29. The van der Waals surface area contributed by atoms with Crippen molar-refractivity contribution in [1.82, 2.24) is 10.6 Å². The van der Waals surface area contributed by atoms with Gasteiger partial charge in [-0.15, -0.1) is 12.4 Å². The molecule has 1 unspecified atom stereocenters. The van der Waals surface area contributed by atoms with Crippen LogP contribution < -0.4 is 20.3 Å². The topological polar surface area (TPSA) is 53.6 Å². The minimum Gasteiger partial charge on any atom is -0.495 e. The molecule has 128 valence electrons. The number of methoxy groups -OCH3 is 1. The summed E-state index contributed by atoms with van der Waals surface area (Å²) >= 11 is 0. The predicted molar refractivity (Wildman–Crippen MR) is 94.6 cm³/mol. The Hall–Kier alpha value is -1.46. The summed E-state index contributed by atoms with van der Waals surface area (Å²) in [6.07, 6.45) is 4.03. The largest absolute Gasteiger partial charge is 0.495 e. The average Bonchev–Trinajstić information content (AvgIpc) is 3.10. The van der Waals surface area contributed by atoms with Crippen LogP contribution in [0.1, 0.15) is 25.7 Å². The van der Waals surface area contributed by atoms with E-state index in [-0.39, 0.29) is 24.4 Å². The lowest BCUT2D eigenvalue weighted by Crippen LogP contribution is -2.49. The molecule has 2 saturated heterocycles. The first-order valence-electron chi connectivity index (χ1n) is 8.19. The van der Waals surface area contributed by atoms with Crippen LogP contribution in [0.25, 0.3) is 0 Å². The number of carbonyl (C=O) groups is 1. The molecular formula is C17H26ClN3O2. The summed E-state index contributed by atoms with van der Waals surface area (Å²) in [5, 5.41) is 6.46. The van der Waals surface area contributed by atoms with Crippen LogP contribution >= 0.6 is 12.4 Å². The fourth-order valence-corrected chi connectivity index (χ4v) is 3.37. The third-order valence-corrected chi connectivity index (χ3v) is 4.64. The van der Waals surface area contributed by atoms with Gasteiger partial charge in [0.05, 0.1) is 18.8 Å². The summed E-state index contributed by atoms with van der Waals surface area (Å²) in [6.45, 7) is 2.86. The first-order chi connectivity index (χ1) is 10.8. The molecule has 1 aromatic carbocycles. The molecule has 1 atom stereocenters. The SMILES string of the molecule is COc1ccccc1N1CCC(NC(=O)C2CCCN2)CC1.Cl. The molecule has 5 nitrogen and oxygen atoms in total. The van der Waals surface area contributed by atoms with Gasteiger partial charge in [0.25, 0.3) is 0 Å². The summed E-state index contributed by atoms with van der Waals surface area (Å²) in [5.74, 6) is 1.09. The number of halogens is 1. The molecule has 1 amide bonds. The summed E-state index contributed by atoms with van der Waals surface area (Å²) in [7, 11) is 1.71. The van der Waals surface area contributed by atoms with Gasteiger partial charge in [0, 0.05) is 19.1 Å². The van der Waals surface area contributed by atoms with Gasteiger partial charge in [-0.05, 0) is 44.4 Å². The van der Waals surface area contributed by atoms with Gasteiger partial charge in [-0.1, -0.05) is 12.1 Å². The van der Waals surface area contributed by atoms with E-state index >= 15 is 0 Å². The Labute approximate surface area is 144 Å². The number of anilines is 1. The van der Waals surface area contributed by atoms with Gasteiger partial charge in [-0.25, -0.2) is 0 Å². The summed E-state index contributed by atoms with van der Waals surface area (Å²) in [6, 6.07) is 8.43. The van der Waals surface area contributed by atoms with Crippen LogP contribution in [0.15, 0.2) is 24.3 Å². The minimum absolute atomic E-state index is 0. The zero-order chi connectivity index (χ0) is 15.4. The van der Waals surface area contributed by atoms with Gasteiger partial charge in [-0.3, -0.25) is 4.79 Å². The molecule has 0 aliphatic carbocycles. The number of amides is 1. The Balaban J connectivity index is 0.00000192. The summed E-state index contributed by atoms with van der Waals surface area (Å²) in [5.41, 5.74) is 1.15. The van der Waals surface area contributed by atoms with Crippen LogP contribution in [0.4, 0.5) is 5.69 Å². The number of benzene rings is 1. The number of nitrogens with zero attached hydrogens (tertiary/aromatic N) is 1. The second-order valence-corrected chi connectivity index (χ2v) is 6.09. The number of piperidine rings is 1. The number of carbonyl (C=O) groups excluding carboxylic acids is 1. The third-order valence-electron chi connectivity index (χ3n) is 4.64. The number of hydrogen-bond acceptors (Lipinski definition) is 4. The number of nitrogens with one attached hydrogen (secondary N) is 2. The number of para-hydroxylation sites is 2. The van der Waals surface area contributed by atoms with Gasteiger partial charge >= 0.3 is 0 Å². The fourth-order valence-electron chi connectivity index (χ4n) is 3.37. The van der Waals surface area contributed by atoms with E-state index in [4.69, 9.17) is 4.74 Å². The molecule has 0 aromatic heterocycles. The number of rotatable bonds is 4. The normalized spacial score (nSPS) is 21.6. The molecule has 2 aliphatic rings. The maximum absolute atomic E-state index is 12.2. The van der Waals surface area contributed by atoms with Gasteiger partial charge in [0.1, 0.15) is 5.75 Å². The second-order valence-electron chi connectivity index (χ2n) is 6.09. The van der Waals surface area contributed by atoms with E-state index in [1.807, 2.05) is 18.2 Å². The molecular weight excluding hydrogens is 314 g/mol. The van der Waals surface area contributed by atoms with Crippen LogP contribution in [-0.4, -0.2) is 44.7 Å². The third kappa shape index (κ3) is 4.30. The lowest BCUT2D eigenvalue weighted by molar-refractivity contribution is -0.123. The Morgan fingerprint density at radius 2 is 2.00 bits per heavy atom. The standard InChI is InChI=1S/C17H25N3O2.ClH/c1-22-16-7-3-2-6-15(16)20-11-8-13(9-12-20)19-17(21)14-5-4-10-18-14;/h2-3,6-7,13-14,18H,4-5,8-12H2,1H3,(H,19,21);1H. The van der Waals surface area contributed by atoms with E-state index in [9.17, 15) is 4.79 Å². The van der Waals surface area contributed by atoms with Gasteiger partial charge in [0.15, 0.2) is 0 Å². The highest BCUT2D eigenvalue weighted by molar-refractivity contribution is 5.85. The summed E-state index contributed by atoms with van der Waals surface area (Å²) < 4.78 is 5.44. The smallest absolute Gasteiger partial charge is 0.237 e. The maximum atomic E-state index is 12.2. The van der Waals surface area contributed by atoms with Crippen LogP contribution in [0.3, 0.4) is 0 Å². The zero-order valence-electron chi connectivity index (χ0n) is 13.6. The Morgan fingerprint density at radius 3 is 2.65 bits per heavy atom. The molecule has 0 bridgehead atoms. The quantitative estimate of drug-likeness (QED) is 0.880. The number of ether oxygens (including phenoxy) is 1. The Bertz CT molecular complexity index is 512. The second kappa shape index (κ2) is 8.41. The lowest BCUT2D eigenvalue weighted by atomic mass is 10.0. The van der Waals surface area contributed by atoms with E-state index in [0.717, 1.165) is 56.8 Å². The zero-order valence-corrected chi connectivity index (χ0v) is 14.4. The first kappa shape index (κ1) is 17.9. The van der Waals surface area contributed by atoms with Crippen molar-refractivity contribution in [2.45, 2.75) is 37.8 Å². The molecule has 0 saturated carbocycles. The van der Waals surface area contributed by atoms with Crippen molar-refractivity contribution >= 4 is 24.0 Å². The summed E-state index contributed by atoms with van der Waals surface area (Å²) in [4.78, 5) is 14.5. The fraction of sp³-hybridized carbons (Fsp3) is 0.588. The predicted octanol–water partition coefficient (Wildman–Crippen LogP) is 1.95. The van der Waals surface area contributed by atoms with Crippen molar-refractivity contribution in [3.63, 3.8) is 0 Å². The molecule has 23 heavy (non-hydrogen) atoms. The molecule has 1 aromatic rings. The highest BCUT2D eigenvalue weighted by Gasteiger charge is 2.27. The van der Waals surface area contributed by atoms with E-state index in [2.05, 4.69) is 21.6 Å². The van der Waals surface area contributed by atoms with Crippen molar-refractivity contribution < 1.29 is 9.53 Å². The van der Waals surface area contributed by atoms with Crippen molar-refractivity contribution in [2.75, 3.05) is 31.6 Å². The van der Waals surface area contributed by atoms with Crippen molar-refractivity contribution in [3.8, 4) is 5.75 Å². The minimum atomic E-state index is 0. The van der Waals surface area contributed by atoms with Crippen molar-refractivity contribution in [1.29, 1.82) is 0 Å². The molecule has 2 fully saturated rings. The van der Waals surface area contributed by atoms with E-state index in [1.54, 1.807) is 7.11 Å². The molecule has 0 spiro atoms. The van der Waals surface area contributed by atoms with Crippen molar-refractivity contribution in [2.24, 2.45) is 0 Å². The van der Waals surface area contributed by atoms with E-state index < -0.39 is 0 Å². The Kier molecular flexibility index (Phi) is 6.54. The molecule has 2 aliphatic heterocycles. The van der Waals surface area contributed by atoms with Crippen molar-refractivity contribution in [3.05, 3.63) is 24.3 Å². The molecule has 3 rings (SSSR count). The Morgan fingerprint density at radius 1 is 1.26 bits per heavy atom. The highest BCUT2D eigenvalue weighted by atomic mass is 35.5. The molecule has 6 heteroatoms. The van der Waals surface area contributed by atoms with Gasteiger partial charge < -0.3 is 20.3 Å². The van der Waals surface area contributed by atoms with Crippen LogP contribution in [0.5, 0.6) is 5.75 Å². The van der Waals surface area contributed by atoms with Crippen LogP contribution in [0, 0.1) is 0 Å². The maximum Gasteiger partial charge on any atom is 0.237 e. The monoisotopic (exact) mass is 339 g/mol. The van der Waals surface area contributed by atoms with Crippen LogP contribution in [0.2, 0.25) is 0 Å². The van der Waals surface area contributed by atoms with Gasteiger partial charge in [0.2, 0.25) is 5.91 Å². The molecule has 2 N–H and O–H groups in total. The van der Waals surface area contributed by atoms with Crippen LogP contribution in [-0.2, 0) is 4.79 Å². The molecule has 2 heterocycles. The lowest BCUT2D eigenvalue weighted by Gasteiger charge is -2.35. The average molecular weight is 340 g/mol. The van der Waals surface area contributed by atoms with E-state index in [0.29, 0.717) is 6.04 Å². The first-order valence-corrected chi connectivity index (χ1v) is 8.19. The number of hydrogen-bond donors (Lipinski definition) is 2. The van der Waals surface area contributed by atoms with Gasteiger partial charge in [-0.2, -0.15) is 0 Å².